The number of aromatic amines is 1. The Morgan fingerprint density at radius 3 is 2.55 bits per heavy atom. The molecule has 0 aliphatic carbocycles. The molecule has 7 heteroatoms. The average molecular weight is 299 g/mol. The van der Waals surface area contributed by atoms with Crippen LogP contribution < -0.4 is 10.2 Å². The van der Waals surface area contributed by atoms with Crippen molar-refractivity contribution in [1.82, 2.24) is 14.6 Å². The highest BCUT2D eigenvalue weighted by Gasteiger charge is 2.17. The normalized spacial score (nSPS) is 17.8. The Morgan fingerprint density at radius 2 is 1.90 bits per heavy atom. The third kappa shape index (κ3) is 4.16. The molecule has 0 aromatic carbocycles. The minimum absolute atomic E-state index is 0.226. The highest BCUT2D eigenvalue weighted by atomic mass is 32.2. The number of sulfonamides is 1. The summed E-state index contributed by atoms with van der Waals surface area (Å²) < 4.78 is 26.5. The fraction of sp³-hybridized carbons (Fsp3) is 0.615. The van der Waals surface area contributed by atoms with Crippen molar-refractivity contribution in [2.45, 2.75) is 30.6 Å². The van der Waals surface area contributed by atoms with Crippen LogP contribution >= 0.6 is 0 Å². The van der Waals surface area contributed by atoms with Gasteiger partial charge in [0, 0.05) is 31.5 Å². The SMILES string of the molecule is O=c1cc[nH]cc1S(=O)(=O)NCCN1CCCCCC1. The predicted octanol–water partition coefficient (Wildman–Crippen LogP) is 0.529. The number of hydrogen-bond donors (Lipinski definition) is 2. The number of likely N-dealkylation sites (tertiary alicyclic amines) is 1. The fourth-order valence-electron chi connectivity index (χ4n) is 2.39. The van der Waals surface area contributed by atoms with E-state index < -0.39 is 15.5 Å². The molecule has 0 unspecified atom stereocenters. The van der Waals surface area contributed by atoms with Crippen molar-refractivity contribution in [3.8, 4) is 0 Å². The molecule has 0 radical (unpaired) electrons. The summed E-state index contributed by atoms with van der Waals surface area (Å²) in [4.78, 5) is 16.2. The highest BCUT2D eigenvalue weighted by molar-refractivity contribution is 7.89. The van der Waals surface area contributed by atoms with E-state index in [1.807, 2.05) is 0 Å². The third-order valence-electron chi connectivity index (χ3n) is 3.50. The Hall–Kier alpha value is -1.18. The maximum atomic E-state index is 12.0. The average Bonchev–Trinajstić information content (AvgIpc) is 2.67. The number of hydrogen-bond acceptors (Lipinski definition) is 4. The largest absolute Gasteiger partial charge is 0.366 e. The first kappa shape index (κ1) is 15.2. The van der Waals surface area contributed by atoms with E-state index in [9.17, 15) is 13.2 Å². The molecule has 1 saturated heterocycles. The lowest BCUT2D eigenvalue weighted by Gasteiger charge is -2.19. The molecule has 2 rings (SSSR count). The molecule has 1 aromatic heterocycles. The van der Waals surface area contributed by atoms with Crippen LogP contribution in [0.3, 0.4) is 0 Å². The monoisotopic (exact) mass is 299 g/mol. The molecular formula is C13H21N3O3S. The molecule has 1 aromatic rings. The molecule has 6 nitrogen and oxygen atoms in total. The lowest BCUT2D eigenvalue weighted by Crippen LogP contribution is -2.36. The van der Waals surface area contributed by atoms with E-state index in [0.717, 1.165) is 13.1 Å². The molecule has 0 bridgehead atoms. The van der Waals surface area contributed by atoms with Gasteiger partial charge in [0.05, 0.1) is 0 Å². The molecule has 0 atom stereocenters. The molecule has 1 fully saturated rings. The van der Waals surface area contributed by atoms with Gasteiger partial charge in [-0.25, -0.2) is 13.1 Å². The molecule has 1 aliphatic heterocycles. The minimum Gasteiger partial charge on any atom is -0.366 e. The van der Waals surface area contributed by atoms with Crippen molar-refractivity contribution in [2.75, 3.05) is 26.2 Å². The van der Waals surface area contributed by atoms with Gasteiger partial charge in [0.1, 0.15) is 4.90 Å². The van der Waals surface area contributed by atoms with Crippen LogP contribution in [0.25, 0.3) is 0 Å². The van der Waals surface area contributed by atoms with E-state index in [0.29, 0.717) is 13.1 Å². The molecule has 2 N–H and O–H groups in total. The van der Waals surface area contributed by atoms with Gasteiger partial charge in [-0.3, -0.25) is 4.79 Å². The van der Waals surface area contributed by atoms with Crippen LogP contribution in [0.2, 0.25) is 0 Å². The number of pyridine rings is 1. The van der Waals surface area contributed by atoms with E-state index >= 15 is 0 Å². The van der Waals surface area contributed by atoms with Crippen molar-refractivity contribution in [1.29, 1.82) is 0 Å². The summed E-state index contributed by atoms with van der Waals surface area (Å²) in [7, 11) is -3.72. The Balaban J connectivity index is 1.90. The van der Waals surface area contributed by atoms with Crippen LogP contribution in [0.5, 0.6) is 0 Å². The molecule has 1 aliphatic rings. The Kier molecular flexibility index (Phi) is 5.33. The summed E-state index contributed by atoms with van der Waals surface area (Å²) in [6.07, 6.45) is 7.48. The van der Waals surface area contributed by atoms with Crippen LogP contribution in [0.4, 0.5) is 0 Å². The van der Waals surface area contributed by atoms with Crippen LogP contribution in [0.1, 0.15) is 25.7 Å². The summed E-state index contributed by atoms with van der Waals surface area (Å²) in [5, 5.41) is 0. The molecule has 2 heterocycles. The van der Waals surface area contributed by atoms with Crippen molar-refractivity contribution in [3.63, 3.8) is 0 Å². The van der Waals surface area contributed by atoms with Gasteiger partial charge in [-0.2, -0.15) is 0 Å². The topological polar surface area (TPSA) is 82.3 Å². The van der Waals surface area contributed by atoms with E-state index in [4.69, 9.17) is 0 Å². The quantitative estimate of drug-likeness (QED) is 0.831. The maximum Gasteiger partial charge on any atom is 0.245 e. The van der Waals surface area contributed by atoms with Crippen molar-refractivity contribution in [3.05, 3.63) is 28.7 Å². The van der Waals surface area contributed by atoms with Gasteiger partial charge < -0.3 is 9.88 Å². The van der Waals surface area contributed by atoms with Gasteiger partial charge >= 0.3 is 0 Å². The Bertz CT molecular complexity index is 575. The first-order valence-electron chi connectivity index (χ1n) is 6.99. The molecule has 0 spiro atoms. The van der Waals surface area contributed by atoms with Gasteiger partial charge in [-0.1, -0.05) is 12.8 Å². The molecule has 20 heavy (non-hydrogen) atoms. The molecule has 112 valence electrons. The van der Waals surface area contributed by atoms with Gasteiger partial charge in [0.25, 0.3) is 0 Å². The smallest absolute Gasteiger partial charge is 0.245 e. The van der Waals surface area contributed by atoms with Crippen molar-refractivity contribution >= 4 is 10.0 Å². The van der Waals surface area contributed by atoms with Crippen molar-refractivity contribution < 1.29 is 8.42 Å². The summed E-state index contributed by atoms with van der Waals surface area (Å²) in [6.45, 7) is 3.06. The summed E-state index contributed by atoms with van der Waals surface area (Å²) in [5.41, 5.74) is -0.494. The maximum absolute atomic E-state index is 12.0. The number of rotatable bonds is 5. The number of aromatic nitrogens is 1. The van der Waals surface area contributed by atoms with E-state index in [1.165, 1.54) is 44.1 Å². The Labute approximate surface area is 119 Å². The van der Waals surface area contributed by atoms with Gasteiger partial charge in [0.15, 0.2) is 0 Å². The second-order valence-electron chi connectivity index (χ2n) is 5.03. The number of H-pyrrole nitrogens is 1. The fourth-order valence-corrected chi connectivity index (χ4v) is 3.46. The second kappa shape index (κ2) is 7.01. The summed E-state index contributed by atoms with van der Waals surface area (Å²) in [6, 6.07) is 1.21. The zero-order valence-corrected chi connectivity index (χ0v) is 12.3. The van der Waals surface area contributed by atoms with Crippen LogP contribution in [0, 0.1) is 0 Å². The third-order valence-corrected chi connectivity index (χ3v) is 4.98. The summed E-state index contributed by atoms with van der Waals surface area (Å²) in [5.74, 6) is 0. The van der Waals surface area contributed by atoms with E-state index in [2.05, 4.69) is 14.6 Å². The van der Waals surface area contributed by atoms with Gasteiger partial charge in [0.2, 0.25) is 15.5 Å². The molecule has 0 saturated carbocycles. The predicted molar refractivity (Wildman–Crippen MR) is 77.2 cm³/mol. The number of nitrogens with one attached hydrogen (secondary N) is 2. The van der Waals surface area contributed by atoms with Crippen LogP contribution in [-0.2, 0) is 10.0 Å². The Morgan fingerprint density at radius 1 is 1.20 bits per heavy atom. The minimum atomic E-state index is -3.72. The lowest BCUT2D eigenvalue weighted by atomic mass is 10.2. The number of nitrogens with zero attached hydrogens (tertiary/aromatic N) is 1. The van der Waals surface area contributed by atoms with E-state index in [1.54, 1.807) is 0 Å². The lowest BCUT2D eigenvalue weighted by molar-refractivity contribution is 0.290. The molecular weight excluding hydrogens is 278 g/mol. The van der Waals surface area contributed by atoms with Crippen LogP contribution in [-0.4, -0.2) is 44.5 Å². The standard InChI is InChI=1S/C13H21N3O3S/c17-12-5-6-14-11-13(12)20(18,19)15-7-10-16-8-3-1-2-4-9-16/h5-6,11,15H,1-4,7-10H2,(H,14,17). The van der Waals surface area contributed by atoms with Gasteiger partial charge in [-0.05, 0) is 25.9 Å². The van der Waals surface area contributed by atoms with Crippen molar-refractivity contribution in [2.24, 2.45) is 0 Å². The summed E-state index contributed by atoms with van der Waals surface area (Å²) >= 11 is 0. The first-order chi connectivity index (χ1) is 9.59. The highest BCUT2D eigenvalue weighted by Crippen LogP contribution is 2.09. The van der Waals surface area contributed by atoms with Gasteiger partial charge in [-0.15, -0.1) is 0 Å². The zero-order valence-electron chi connectivity index (χ0n) is 11.5. The zero-order chi connectivity index (χ0) is 14.4. The first-order valence-corrected chi connectivity index (χ1v) is 8.47. The second-order valence-corrected chi connectivity index (χ2v) is 6.76. The molecule has 0 amide bonds. The van der Waals surface area contributed by atoms with Crippen LogP contribution in [0.15, 0.2) is 28.2 Å². The van der Waals surface area contributed by atoms with E-state index in [-0.39, 0.29) is 4.90 Å².